The second-order valence-corrected chi connectivity index (χ2v) is 11.4. The lowest BCUT2D eigenvalue weighted by Gasteiger charge is -2.49. The Balaban J connectivity index is 1.51. The first kappa shape index (κ1) is 22.7. The van der Waals surface area contributed by atoms with Gasteiger partial charge in [-0.05, 0) is 48.4 Å². The number of carbonyl (C=O) groups is 3. The Labute approximate surface area is 203 Å². The highest BCUT2D eigenvalue weighted by Crippen LogP contribution is 2.60. The zero-order valence-electron chi connectivity index (χ0n) is 19.9. The molecule has 5 rings (SSSR count). The van der Waals surface area contributed by atoms with Gasteiger partial charge in [0.05, 0.1) is 15.6 Å². The molecule has 2 bridgehead atoms. The van der Waals surface area contributed by atoms with Crippen molar-refractivity contribution in [2.75, 3.05) is 5.32 Å². The highest BCUT2D eigenvalue weighted by atomic mass is 32.1. The van der Waals surface area contributed by atoms with E-state index in [4.69, 9.17) is 0 Å². The fourth-order valence-corrected chi connectivity index (χ4v) is 6.52. The number of imide groups is 1. The number of carbonyl (C=O) groups excluding carboxylic acids is 3. The zero-order chi connectivity index (χ0) is 24.3. The molecule has 176 valence electrons. The molecule has 1 saturated carbocycles. The largest absolute Gasteiger partial charge is 0.300 e. The number of rotatable bonds is 5. The number of anilines is 1. The Bertz CT molecular complexity index is 1300. The van der Waals surface area contributed by atoms with Crippen LogP contribution in [-0.4, -0.2) is 33.6 Å². The first-order valence-electron chi connectivity index (χ1n) is 11.7. The third-order valence-corrected chi connectivity index (χ3v) is 9.05. The van der Waals surface area contributed by atoms with Crippen molar-refractivity contribution in [1.82, 2.24) is 9.88 Å². The van der Waals surface area contributed by atoms with Gasteiger partial charge in [-0.3, -0.25) is 19.3 Å². The number of thiazole rings is 1. The van der Waals surface area contributed by atoms with Crippen molar-refractivity contribution in [2.24, 2.45) is 16.7 Å². The molecule has 2 aliphatic rings. The minimum atomic E-state index is -0.938. The van der Waals surface area contributed by atoms with Crippen molar-refractivity contribution >= 4 is 44.4 Å². The average Bonchev–Trinajstić information content (AvgIpc) is 3.26. The third-order valence-electron chi connectivity index (χ3n) is 8.11. The van der Waals surface area contributed by atoms with Crippen LogP contribution in [0, 0.1) is 23.7 Å². The minimum Gasteiger partial charge on any atom is -0.300 e. The normalized spacial score (nSPS) is 24.5. The Morgan fingerprint density at radius 3 is 2.65 bits per heavy atom. The molecule has 3 unspecified atom stereocenters. The monoisotopic (exact) mass is 475 g/mol. The summed E-state index contributed by atoms with van der Waals surface area (Å²) in [4.78, 5) is 46.9. The Kier molecular flexibility index (Phi) is 5.35. The summed E-state index contributed by atoms with van der Waals surface area (Å²) in [5.41, 5.74) is 1.71. The number of hydrogen-bond donors (Lipinski definition) is 1. The van der Waals surface area contributed by atoms with Crippen molar-refractivity contribution in [2.45, 2.75) is 53.0 Å². The van der Waals surface area contributed by atoms with Gasteiger partial charge in [-0.1, -0.05) is 68.5 Å². The van der Waals surface area contributed by atoms with E-state index in [9.17, 15) is 14.4 Å². The second-order valence-electron chi connectivity index (χ2n) is 10.3. The predicted octanol–water partition coefficient (Wildman–Crippen LogP) is 4.97. The fourth-order valence-electron chi connectivity index (χ4n) is 5.56. The van der Waals surface area contributed by atoms with E-state index >= 15 is 0 Å². The van der Waals surface area contributed by atoms with Crippen LogP contribution in [0.3, 0.4) is 0 Å². The summed E-state index contributed by atoms with van der Waals surface area (Å²) < 4.78 is 0.979. The van der Waals surface area contributed by atoms with Gasteiger partial charge in [0, 0.05) is 12.3 Å². The lowest BCUT2D eigenvalue weighted by atomic mass is 9.62. The molecule has 2 aromatic carbocycles. The van der Waals surface area contributed by atoms with E-state index in [1.54, 1.807) is 0 Å². The first-order chi connectivity index (χ1) is 16.1. The molecule has 1 aliphatic heterocycles. The molecule has 3 aromatic rings. The van der Waals surface area contributed by atoms with E-state index in [1.165, 1.54) is 16.2 Å². The molecule has 3 atom stereocenters. The maximum absolute atomic E-state index is 13.8. The lowest BCUT2D eigenvalue weighted by molar-refractivity contribution is -0.172. The highest BCUT2D eigenvalue weighted by Gasteiger charge is 2.65. The van der Waals surface area contributed by atoms with Crippen LogP contribution in [-0.2, 0) is 20.8 Å². The standard InChI is InChI=1S/C27H29N3O3S/c1-16-10-11-19-21(14-16)34-25(28-19)29-22(31)20(15-17-8-6-5-7-9-17)30-23(32)18-12-13-27(4,24(30)33)26(18,2)3/h5-11,14,18,20H,12-13,15H2,1-4H3,(H,28,29,31). The van der Waals surface area contributed by atoms with Crippen molar-refractivity contribution in [3.63, 3.8) is 0 Å². The van der Waals surface area contributed by atoms with E-state index in [0.717, 1.165) is 21.3 Å². The van der Waals surface area contributed by atoms with Gasteiger partial charge < -0.3 is 5.32 Å². The summed E-state index contributed by atoms with van der Waals surface area (Å²) in [6, 6.07) is 14.5. The summed E-state index contributed by atoms with van der Waals surface area (Å²) >= 11 is 1.39. The van der Waals surface area contributed by atoms with Crippen LogP contribution < -0.4 is 5.32 Å². The number of fused-ring (bicyclic) bond motifs is 3. The van der Waals surface area contributed by atoms with Gasteiger partial charge >= 0.3 is 0 Å². The summed E-state index contributed by atoms with van der Waals surface area (Å²) in [7, 11) is 0. The molecule has 34 heavy (non-hydrogen) atoms. The highest BCUT2D eigenvalue weighted by molar-refractivity contribution is 7.22. The Hall–Kier alpha value is -3.06. The number of aryl methyl sites for hydroxylation is 1. The second kappa shape index (κ2) is 8.01. The van der Waals surface area contributed by atoms with Gasteiger partial charge in [-0.25, -0.2) is 4.98 Å². The van der Waals surface area contributed by atoms with Crippen LogP contribution in [0.15, 0.2) is 48.5 Å². The molecule has 1 saturated heterocycles. The molecule has 3 amide bonds. The number of hydrogen-bond acceptors (Lipinski definition) is 5. The Morgan fingerprint density at radius 2 is 1.91 bits per heavy atom. The first-order valence-corrected chi connectivity index (χ1v) is 12.5. The van der Waals surface area contributed by atoms with Crippen LogP contribution in [0.4, 0.5) is 5.13 Å². The smallest absolute Gasteiger partial charge is 0.249 e. The molecule has 1 aliphatic carbocycles. The molecule has 2 fully saturated rings. The number of nitrogens with zero attached hydrogens (tertiary/aromatic N) is 2. The van der Waals surface area contributed by atoms with E-state index in [1.807, 2.05) is 76.2 Å². The molecule has 0 spiro atoms. The van der Waals surface area contributed by atoms with Gasteiger partial charge in [0.15, 0.2) is 5.13 Å². The van der Waals surface area contributed by atoms with Gasteiger partial charge in [0.1, 0.15) is 6.04 Å². The number of amides is 3. The Morgan fingerprint density at radius 1 is 1.18 bits per heavy atom. The van der Waals surface area contributed by atoms with Gasteiger partial charge in [-0.15, -0.1) is 0 Å². The fraction of sp³-hybridized carbons (Fsp3) is 0.407. The summed E-state index contributed by atoms with van der Waals surface area (Å²) in [5.74, 6) is -1.14. The quantitative estimate of drug-likeness (QED) is 0.529. The molecule has 6 nitrogen and oxygen atoms in total. The molecule has 1 aromatic heterocycles. The molecular formula is C27H29N3O3S. The van der Waals surface area contributed by atoms with Crippen LogP contribution in [0.5, 0.6) is 0 Å². The number of piperidine rings is 1. The lowest BCUT2D eigenvalue weighted by Crippen LogP contribution is -2.64. The summed E-state index contributed by atoms with van der Waals surface area (Å²) in [6.45, 7) is 7.97. The van der Waals surface area contributed by atoms with Gasteiger partial charge in [0.25, 0.3) is 0 Å². The average molecular weight is 476 g/mol. The maximum Gasteiger partial charge on any atom is 0.249 e. The van der Waals surface area contributed by atoms with Gasteiger partial charge in [-0.2, -0.15) is 0 Å². The van der Waals surface area contributed by atoms with Crippen LogP contribution >= 0.6 is 11.3 Å². The van der Waals surface area contributed by atoms with Crippen LogP contribution in [0.1, 0.15) is 44.7 Å². The topological polar surface area (TPSA) is 79.4 Å². The van der Waals surface area contributed by atoms with Gasteiger partial charge in [0.2, 0.25) is 17.7 Å². The van der Waals surface area contributed by atoms with Crippen molar-refractivity contribution in [1.29, 1.82) is 0 Å². The molecule has 1 N–H and O–H groups in total. The molecular weight excluding hydrogens is 446 g/mol. The van der Waals surface area contributed by atoms with E-state index in [0.29, 0.717) is 18.0 Å². The zero-order valence-corrected chi connectivity index (χ0v) is 20.7. The molecule has 0 radical (unpaired) electrons. The number of nitrogens with one attached hydrogen (secondary N) is 1. The SMILES string of the molecule is Cc1ccc2nc(NC(=O)C(Cc3ccccc3)N3C(=O)C4CCC(C)(C3=O)C4(C)C)sc2c1. The number of benzene rings is 2. The third kappa shape index (κ3) is 3.45. The maximum atomic E-state index is 13.8. The van der Waals surface area contributed by atoms with E-state index in [-0.39, 0.29) is 30.1 Å². The van der Waals surface area contributed by atoms with Crippen molar-refractivity contribution in [3.05, 3.63) is 59.7 Å². The molecule has 7 heteroatoms. The number of likely N-dealkylation sites (tertiary alicyclic amines) is 1. The van der Waals surface area contributed by atoms with Crippen LogP contribution in [0.2, 0.25) is 0 Å². The summed E-state index contributed by atoms with van der Waals surface area (Å²) in [5, 5.41) is 3.38. The predicted molar refractivity (Wildman–Crippen MR) is 133 cm³/mol. The number of aromatic nitrogens is 1. The minimum absolute atomic E-state index is 0.235. The van der Waals surface area contributed by atoms with E-state index in [2.05, 4.69) is 10.3 Å². The van der Waals surface area contributed by atoms with E-state index < -0.39 is 16.9 Å². The van der Waals surface area contributed by atoms with Crippen molar-refractivity contribution in [3.8, 4) is 0 Å². The van der Waals surface area contributed by atoms with Crippen LogP contribution in [0.25, 0.3) is 10.2 Å². The molecule has 2 heterocycles. The van der Waals surface area contributed by atoms with Crippen molar-refractivity contribution < 1.29 is 14.4 Å². The summed E-state index contributed by atoms with van der Waals surface area (Å²) in [6.07, 6.45) is 1.58.